The van der Waals surface area contributed by atoms with Gasteiger partial charge < -0.3 is 20.7 Å². The van der Waals surface area contributed by atoms with E-state index in [2.05, 4.69) is 4.98 Å². The number of carbonyl (C=O) groups is 1. The molecule has 0 aliphatic rings. The van der Waals surface area contributed by atoms with E-state index in [-0.39, 0.29) is 0 Å². The van der Waals surface area contributed by atoms with Crippen molar-refractivity contribution in [3.8, 4) is 5.88 Å². The molecule has 0 aromatic carbocycles. The van der Waals surface area contributed by atoms with E-state index in [1.54, 1.807) is 0 Å². The molecule has 1 aromatic rings. The third-order valence-corrected chi connectivity index (χ3v) is 1.94. The van der Waals surface area contributed by atoms with E-state index in [1.807, 2.05) is 0 Å². The van der Waals surface area contributed by atoms with Gasteiger partial charge in [0.05, 0.1) is 7.11 Å². The van der Waals surface area contributed by atoms with Crippen molar-refractivity contribution >= 4 is 5.97 Å². The smallest absolute Gasteiger partial charge is 0.323 e. The maximum absolute atomic E-state index is 10.5. The van der Waals surface area contributed by atoms with Crippen LogP contribution in [0.5, 0.6) is 5.88 Å². The van der Waals surface area contributed by atoms with Gasteiger partial charge in [-0.05, 0) is 6.07 Å². The number of pyridine rings is 1. The summed E-state index contributed by atoms with van der Waals surface area (Å²) in [6.45, 7) is 0. The second-order valence-electron chi connectivity index (χ2n) is 2.94. The molecule has 0 aliphatic heterocycles. The summed E-state index contributed by atoms with van der Waals surface area (Å²) in [5.41, 5.74) is 5.59. The van der Waals surface area contributed by atoms with Gasteiger partial charge in [-0.2, -0.15) is 0 Å². The highest BCUT2D eigenvalue weighted by Crippen LogP contribution is 2.16. The van der Waals surface area contributed by atoms with Crippen LogP contribution in [0.3, 0.4) is 0 Å². The SMILES string of the molecule is COc1ccc(C(O)C(N)C(=O)O)cn1. The van der Waals surface area contributed by atoms with Crippen LogP contribution in [0.1, 0.15) is 11.7 Å². The number of methoxy groups -OCH3 is 1. The number of hydrogen-bond acceptors (Lipinski definition) is 5. The molecule has 0 aliphatic carbocycles. The molecular formula is C9H12N2O4. The predicted octanol–water partition coefficient (Wildman–Crippen LogP) is -0.465. The van der Waals surface area contributed by atoms with E-state index < -0.39 is 18.1 Å². The fourth-order valence-electron chi connectivity index (χ4n) is 1.03. The van der Waals surface area contributed by atoms with E-state index in [9.17, 15) is 9.90 Å². The highest BCUT2D eigenvalue weighted by molar-refractivity contribution is 5.74. The molecule has 82 valence electrons. The van der Waals surface area contributed by atoms with Gasteiger partial charge in [0, 0.05) is 17.8 Å². The summed E-state index contributed by atoms with van der Waals surface area (Å²) >= 11 is 0. The lowest BCUT2D eigenvalue weighted by Crippen LogP contribution is -2.36. The van der Waals surface area contributed by atoms with Gasteiger partial charge in [0.25, 0.3) is 0 Å². The Morgan fingerprint density at radius 3 is 2.67 bits per heavy atom. The Balaban J connectivity index is 2.82. The molecule has 1 aromatic heterocycles. The van der Waals surface area contributed by atoms with Gasteiger partial charge in [0.1, 0.15) is 12.1 Å². The van der Waals surface area contributed by atoms with E-state index in [4.69, 9.17) is 15.6 Å². The van der Waals surface area contributed by atoms with Crippen LogP contribution >= 0.6 is 0 Å². The van der Waals surface area contributed by atoms with Crippen LogP contribution in [0.4, 0.5) is 0 Å². The van der Waals surface area contributed by atoms with Crippen molar-refractivity contribution in [3.05, 3.63) is 23.9 Å². The largest absolute Gasteiger partial charge is 0.481 e. The Morgan fingerprint density at radius 1 is 1.60 bits per heavy atom. The number of hydrogen-bond donors (Lipinski definition) is 3. The molecule has 0 saturated heterocycles. The third-order valence-electron chi connectivity index (χ3n) is 1.94. The zero-order chi connectivity index (χ0) is 11.4. The van der Waals surface area contributed by atoms with Crippen molar-refractivity contribution in [2.75, 3.05) is 7.11 Å². The molecule has 0 fully saturated rings. The summed E-state index contributed by atoms with van der Waals surface area (Å²) < 4.78 is 4.82. The number of aliphatic hydroxyl groups excluding tert-OH is 1. The van der Waals surface area contributed by atoms with E-state index in [0.717, 1.165) is 0 Å². The molecular weight excluding hydrogens is 200 g/mol. The minimum Gasteiger partial charge on any atom is -0.481 e. The monoisotopic (exact) mass is 212 g/mol. The first kappa shape index (κ1) is 11.4. The standard InChI is InChI=1S/C9H12N2O4/c1-15-6-3-2-5(4-11-6)8(12)7(10)9(13)14/h2-4,7-8,12H,10H2,1H3,(H,13,14). The zero-order valence-corrected chi connectivity index (χ0v) is 8.12. The Morgan fingerprint density at radius 2 is 2.27 bits per heavy atom. The highest BCUT2D eigenvalue weighted by atomic mass is 16.5. The van der Waals surface area contributed by atoms with Crippen molar-refractivity contribution in [2.24, 2.45) is 5.73 Å². The summed E-state index contributed by atoms with van der Waals surface area (Å²) in [5.74, 6) is -0.881. The zero-order valence-electron chi connectivity index (χ0n) is 8.12. The van der Waals surface area contributed by atoms with Crippen LogP contribution in [0.2, 0.25) is 0 Å². The van der Waals surface area contributed by atoms with Crippen molar-refractivity contribution < 1.29 is 19.7 Å². The van der Waals surface area contributed by atoms with Gasteiger partial charge in [-0.25, -0.2) is 4.98 Å². The van der Waals surface area contributed by atoms with Gasteiger partial charge in [-0.15, -0.1) is 0 Å². The number of nitrogens with zero attached hydrogens (tertiary/aromatic N) is 1. The predicted molar refractivity (Wildman–Crippen MR) is 51.4 cm³/mol. The van der Waals surface area contributed by atoms with E-state index in [1.165, 1.54) is 25.4 Å². The molecule has 1 rings (SSSR count). The molecule has 2 atom stereocenters. The Kier molecular flexibility index (Phi) is 3.59. The van der Waals surface area contributed by atoms with Crippen LogP contribution in [-0.4, -0.2) is 34.3 Å². The van der Waals surface area contributed by atoms with E-state index >= 15 is 0 Å². The minimum absolute atomic E-state index is 0.339. The summed E-state index contributed by atoms with van der Waals surface area (Å²) in [6.07, 6.45) is 0.0488. The van der Waals surface area contributed by atoms with Crippen molar-refractivity contribution in [1.82, 2.24) is 4.98 Å². The summed E-state index contributed by atoms with van der Waals surface area (Å²) in [4.78, 5) is 14.3. The lowest BCUT2D eigenvalue weighted by atomic mass is 10.1. The van der Waals surface area contributed by atoms with E-state index in [0.29, 0.717) is 11.4 Å². The first-order chi connectivity index (χ1) is 7.06. The van der Waals surface area contributed by atoms with Crippen LogP contribution < -0.4 is 10.5 Å². The maximum Gasteiger partial charge on any atom is 0.323 e. The molecule has 6 heteroatoms. The maximum atomic E-state index is 10.5. The molecule has 0 amide bonds. The molecule has 4 N–H and O–H groups in total. The summed E-state index contributed by atoms with van der Waals surface area (Å²) in [6, 6.07) is 1.67. The second kappa shape index (κ2) is 4.72. The number of aliphatic hydroxyl groups is 1. The minimum atomic E-state index is -1.36. The lowest BCUT2D eigenvalue weighted by molar-refractivity contribution is -0.141. The number of carboxylic acids is 1. The quantitative estimate of drug-likeness (QED) is 0.623. The van der Waals surface area contributed by atoms with Crippen LogP contribution in [-0.2, 0) is 4.79 Å². The van der Waals surface area contributed by atoms with Crippen molar-refractivity contribution in [2.45, 2.75) is 12.1 Å². The van der Waals surface area contributed by atoms with Gasteiger partial charge in [0.2, 0.25) is 5.88 Å². The number of rotatable bonds is 4. The Labute approximate surface area is 86.3 Å². The number of nitrogens with two attached hydrogens (primary N) is 1. The topological polar surface area (TPSA) is 106 Å². The lowest BCUT2D eigenvalue weighted by Gasteiger charge is -2.14. The van der Waals surface area contributed by atoms with Gasteiger partial charge in [0.15, 0.2) is 0 Å². The fraction of sp³-hybridized carbons (Fsp3) is 0.333. The molecule has 0 bridgehead atoms. The average molecular weight is 212 g/mol. The average Bonchev–Trinajstić information content (AvgIpc) is 2.27. The number of carboxylic acid groups (broad SMARTS) is 1. The fourth-order valence-corrected chi connectivity index (χ4v) is 1.03. The molecule has 6 nitrogen and oxygen atoms in total. The molecule has 15 heavy (non-hydrogen) atoms. The third kappa shape index (κ3) is 2.64. The van der Waals surface area contributed by atoms with Crippen LogP contribution in [0.25, 0.3) is 0 Å². The number of aliphatic carboxylic acids is 1. The number of ether oxygens (including phenoxy) is 1. The molecule has 1 heterocycles. The van der Waals surface area contributed by atoms with Crippen LogP contribution in [0, 0.1) is 0 Å². The highest BCUT2D eigenvalue weighted by Gasteiger charge is 2.23. The van der Waals surface area contributed by atoms with Gasteiger partial charge in [-0.3, -0.25) is 4.79 Å². The molecule has 0 saturated carbocycles. The summed E-state index contributed by atoms with van der Waals surface area (Å²) in [7, 11) is 1.46. The van der Waals surface area contributed by atoms with Gasteiger partial charge >= 0.3 is 5.97 Å². The summed E-state index contributed by atoms with van der Waals surface area (Å²) in [5, 5.41) is 18.1. The number of aromatic nitrogens is 1. The van der Waals surface area contributed by atoms with Crippen LogP contribution in [0.15, 0.2) is 18.3 Å². The normalized spacial score (nSPS) is 14.3. The molecule has 0 spiro atoms. The Hall–Kier alpha value is -1.66. The van der Waals surface area contributed by atoms with Gasteiger partial charge in [-0.1, -0.05) is 0 Å². The van der Waals surface area contributed by atoms with Crippen molar-refractivity contribution in [1.29, 1.82) is 0 Å². The first-order valence-electron chi connectivity index (χ1n) is 4.22. The molecule has 2 unspecified atom stereocenters. The Bertz CT molecular complexity index is 338. The molecule has 0 radical (unpaired) electrons. The second-order valence-corrected chi connectivity index (χ2v) is 2.94. The van der Waals surface area contributed by atoms with Crippen molar-refractivity contribution in [3.63, 3.8) is 0 Å². The first-order valence-corrected chi connectivity index (χ1v) is 4.22.